The first-order valence-electron chi connectivity index (χ1n) is 12.9. The van der Waals surface area contributed by atoms with Crippen molar-refractivity contribution in [1.29, 1.82) is 0 Å². The Hall–Kier alpha value is -3.07. The van der Waals surface area contributed by atoms with Crippen molar-refractivity contribution in [1.82, 2.24) is 15.3 Å². The Bertz CT molecular complexity index is 1340. The van der Waals surface area contributed by atoms with E-state index in [4.69, 9.17) is 32.7 Å². The number of ether oxygens (including phenoxy) is 2. The van der Waals surface area contributed by atoms with Crippen LogP contribution in [-0.4, -0.2) is 41.7 Å². The predicted octanol–water partition coefficient (Wildman–Crippen LogP) is 6.27. The molecule has 0 radical (unpaired) electrons. The third-order valence-corrected chi connectivity index (χ3v) is 7.42. The topological polar surface area (TPSA) is 97.4 Å². The van der Waals surface area contributed by atoms with Gasteiger partial charge in [0.1, 0.15) is 23.6 Å². The monoisotopic (exact) mass is 555 g/mol. The Kier molecular flexibility index (Phi) is 8.21. The number of hydrogen-bond acceptors (Lipinski definition) is 7. The van der Waals surface area contributed by atoms with Gasteiger partial charge in [0.05, 0.1) is 34.0 Å². The van der Waals surface area contributed by atoms with Crippen molar-refractivity contribution in [2.24, 2.45) is 11.8 Å². The normalized spacial score (nSPS) is 16.6. The van der Waals surface area contributed by atoms with Gasteiger partial charge in [0.2, 0.25) is 0 Å². The smallest absolute Gasteiger partial charge is 0.266 e. The summed E-state index contributed by atoms with van der Waals surface area (Å²) in [6.07, 6.45) is 5.91. The van der Waals surface area contributed by atoms with E-state index < -0.39 is 5.91 Å². The fourth-order valence-electron chi connectivity index (χ4n) is 4.50. The molecule has 3 aromatic rings. The summed E-state index contributed by atoms with van der Waals surface area (Å²) in [4.78, 5) is 21.3. The van der Waals surface area contributed by atoms with Gasteiger partial charge in [0.15, 0.2) is 0 Å². The average Bonchev–Trinajstić information content (AvgIpc) is 3.74. The van der Waals surface area contributed by atoms with Crippen molar-refractivity contribution in [3.63, 3.8) is 0 Å². The summed E-state index contributed by atoms with van der Waals surface area (Å²) in [5, 5.41) is 10.6. The Morgan fingerprint density at radius 2 is 1.95 bits per heavy atom. The van der Waals surface area contributed by atoms with Crippen LogP contribution in [0.3, 0.4) is 0 Å². The standard InChI is InChI=1S/C28H31Cl2N5O3/c1-16(29)28(36)35-24-12-21-23(13-26(24)38-17(2)19-7-9-31-10-8-19)32-15-33-27(21)34-20-5-6-25(22(30)11-20)37-14-18-3-4-18/h5-6,11-13,15,17-19,31H,1,3-4,7-10,14H2,2H3,(H,35,36)(H,32,33,34). The fraction of sp³-hybridized carbons (Fsp3) is 0.393. The van der Waals surface area contributed by atoms with E-state index in [9.17, 15) is 4.79 Å². The van der Waals surface area contributed by atoms with Crippen LogP contribution in [0.5, 0.6) is 11.5 Å². The van der Waals surface area contributed by atoms with Gasteiger partial charge in [-0.2, -0.15) is 0 Å². The molecule has 200 valence electrons. The zero-order valence-corrected chi connectivity index (χ0v) is 22.7. The number of rotatable bonds is 10. The van der Waals surface area contributed by atoms with Crippen LogP contribution in [0.1, 0.15) is 32.6 Å². The fourth-order valence-corrected chi connectivity index (χ4v) is 4.79. The number of halogens is 2. The van der Waals surface area contributed by atoms with Gasteiger partial charge in [0.25, 0.3) is 5.91 Å². The molecule has 2 aromatic carbocycles. The molecule has 0 spiro atoms. The van der Waals surface area contributed by atoms with E-state index in [1.807, 2.05) is 18.2 Å². The minimum atomic E-state index is -0.509. The first kappa shape index (κ1) is 26.5. The second-order valence-electron chi connectivity index (χ2n) is 9.88. The van der Waals surface area contributed by atoms with Gasteiger partial charge in [-0.05, 0) is 81.8 Å². The lowest BCUT2D eigenvalue weighted by Crippen LogP contribution is -2.35. The molecule has 1 atom stereocenters. The summed E-state index contributed by atoms with van der Waals surface area (Å²) >= 11 is 12.3. The summed E-state index contributed by atoms with van der Waals surface area (Å²) in [7, 11) is 0. The van der Waals surface area contributed by atoms with Gasteiger partial charge >= 0.3 is 0 Å². The van der Waals surface area contributed by atoms with Gasteiger partial charge in [-0.3, -0.25) is 4.79 Å². The molecule has 10 heteroatoms. The Labute approximate surface area is 232 Å². The van der Waals surface area contributed by atoms with Gasteiger partial charge in [-0.1, -0.05) is 29.8 Å². The Balaban J connectivity index is 1.43. The highest BCUT2D eigenvalue weighted by Gasteiger charge is 2.24. The third kappa shape index (κ3) is 6.49. The number of nitrogens with one attached hydrogen (secondary N) is 3. The van der Waals surface area contributed by atoms with Crippen LogP contribution >= 0.6 is 23.2 Å². The molecule has 3 N–H and O–H groups in total. The zero-order valence-electron chi connectivity index (χ0n) is 21.2. The quantitative estimate of drug-likeness (QED) is 0.253. The van der Waals surface area contributed by atoms with Crippen LogP contribution in [0.4, 0.5) is 17.2 Å². The Morgan fingerprint density at radius 3 is 2.66 bits per heavy atom. The maximum absolute atomic E-state index is 12.5. The van der Waals surface area contributed by atoms with Crippen molar-refractivity contribution in [3.05, 3.63) is 53.3 Å². The number of piperidine rings is 1. The first-order valence-corrected chi connectivity index (χ1v) is 13.6. The largest absolute Gasteiger partial charge is 0.492 e. The third-order valence-electron chi connectivity index (χ3n) is 6.96. The second-order valence-corrected chi connectivity index (χ2v) is 10.7. The SMILES string of the molecule is C=C(Cl)C(=O)Nc1cc2c(Nc3ccc(OCC4CC4)c(Cl)c3)ncnc2cc1OC(C)C1CCNCC1. The van der Waals surface area contributed by atoms with Crippen molar-refractivity contribution >= 4 is 57.2 Å². The number of fused-ring (bicyclic) bond motifs is 1. The van der Waals surface area contributed by atoms with E-state index in [1.165, 1.54) is 19.2 Å². The van der Waals surface area contributed by atoms with Gasteiger partial charge < -0.3 is 25.4 Å². The van der Waals surface area contributed by atoms with Crippen molar-refractivity contribution in [2.75, 3.05) is 30.3 Å². The number of anilines is 3. The molecule has 1 amide bonds. The maximum atomic E-state index is 12.5. The van der Waals surface area contributed by atoms with Crippen molar-refractivity contribution < 1.29 is 14.3 Å². The van der Waals surface area contributed by atoms with Crippen LogP contribution in [0.15, 0.2) is 48.3 Å². The van der Waals surface area contributed by atoms with E-state index in [2.05, 4.69) is 39.4 Å². The minimum absolute atomic E-state index is 0.0494. The molecule has 1 unspecified atom stereocenters. The summed E-state index contributed by atoms with van der Waals surface area (Å²) < 4.78 is 12.2. The van der Waals surface area contributed by atoms with Crippen LogP contribution in [0.2, 0.25) is 5.02 Å². The molecule has 0 bridgehead atoms. The summed E-state index contributed by atoms with van der Waals surface area (Å²) in [5.74, 6) is 2.26. The van der Waals surface area contributed by atoms with E-state index in [0.717, 1.165) is 31.6 Å². The molecule has 5 rings (SSSR count). The first-order chi connectivity index (χ1) is 18.4. The lowest BCUT2D eigenvalue weighted by atomic mass is 9.93. The molecule has 38 heavy (non-hydrogen) atoms. The lowest BCUT2D eigenvalue weighted by molar-refractivity contribution is -0.112. The molecule has 1 saturated heterocycles. The molecule has 1 saturated carbocycles. The van der Waals surface area contributed by atoms with Gasteiger partial charge in [-0.15, -0.1) is 0 Å². The van der Waals surface area contributed by atoms with Crippen molar-refractivity contribution in [3.8, 4) is 11.5 Å². The molecule has 2 aliphatic rings. The highest BCUT2D eigenvalue weighted by Crippen LogP contribution is 2.37. The number of nitrogens with zero attached hydrogens (tertiary/aromatic N) is 2. The highest BCUT2D eigenvalue weighted by atomic mass is 35.5. The van der Waals surface area contributed by atoms with Gasteiger partial charge in [0, 0.05) is 17.1 Å². The molecule has 1 aliphatic heterocycles. The number of hydrogen-bond donors (Lipinski definition) is 3. The molecular weight excluding hydrogens is 525 g/mol. The molecule has 8 nitrogen and oxygen atoms in total. The van der Waals surface area contributed by atoms with Crippen molar-refractivity contribution in [2.45, 2.75) is 38.7 Å². The highest BCUT2D eigenvalue weighted by molar-refractivity contribution is 6.43. The van der Waals surface area contributed by atoms with E-state index in [0.29, 0.717) is 57.4 Å². The Morgan fingerprint density at radius 1 is 1.16 bits per heavy atom. The lowest BCUT2D eigenvalue weighted by Gasteiger charge is -2.29. The summed E-state index contributed by atoms with van der Waals surface area (Å²) in [5.41, 5.74) is 1.87. The van der Waals surface area contributed by atoms with Crippen LogP contribution in [0.25, 0.3) is 10.9 Å². The number of amides is 1. The molecule has 2 fully saturated rings. The zero-order chi connectivity index (χ0) is 26.6. The summed E-state index contributed by atoms with van der Waals surface area (Å²) in [6.45, 7) is 8.21. The van der Waals surface area contributed by atoms with E-state index >= 15 is 0 Å². The number of carbonyl (C=O) groups excluding carboxylic acids is 1. The molecule has 1 aromatic heterocycles. The summed E-state index contributed by atoms with van der Waals surface area (Å²) in [6, 6.07) is 9.14. The number of aromatic nitrogens is 2. The molecule has 2 heterocycles. The minimum Gasteiger partial charge on any atom is -0.492 e. The second kappa shape index (κ2) is 11.8. The average molecular weight is 556 g/mol. The predicted molar refractivity (Wildman–Crippen MR) is 152 cm³/mol. The van der Waals surface area contributed by atoms with E-state index in [-0.39, 0.29) is 11.1 Å². The van der Waals surface area contributed by atoms with Crippen LogP contribution in [-0.2, 0) is 4.79 Å². The van der Waals surface area contributed by atoms with Crippen LogP contribution in [0, 0.1) is 11.8 Å². The molecular formula is C28H31Cl2N5O3. The number of benzene rings is 2. The maximum Gasteiger partial charge on any atom is 0.266 e. The molecule has 1 aliphatic carbocycles. The van der Waals surface area contributed by atoms with Crippen LogP contribution < -0.4 is 25.4 Å². The van der Waals surface area contributed by atoms with E-state index in [1.54, 1.807) is 12.1 Å². The van der Waals surface area contributed by atoms with Gasteiger partial charge in [-0.25, -0.2) is 9.97 Å². The number of carbonyl (C=O) groups is 1.